The summed E-state index contributed by atoms with van der Waals surface area (Å²) < 4.78 is 4.09. The van der Waals surface area contributed by atoms with Crippen molar-refractivity contribution in [3.05, 3.63) is 36.4 Å². The first-order chi connectivity index (χ1) is 14.2. The van der Waals surface area contributed by atoms with E-state index < -0.39 is 0 Å². The number of pyridine rings is 1. The Hall–Kier alpha value is -2.90. The van der Waals surface area contributed by atoms with Gasteiger partial charge in [0.1, 0.15) is 11.6 Å². The maximum Gasteiger partial charge on any atom is 0.249 e. The van der Waals surface area contributed by atoms with Crippen LogP contribution in [0, 0.1) is 18.8 Å². The van der Waals surface area contributed by atoms with Crippen molar-refractivity contribution >= 4 is 23.3 Å². The minimum absolute atomic E-state index is 0.0383. The lowest BCUT2D eigenvalue weighted by Gasteiger charge is -2.33. The Kier molecular flexibility index (Phi) is 4.69. The summed E-state index contributed by atoms with van der Waals surface area (Å²) in [5, 5.41) is 7.42. The van der Waals surface area contributed by atoms with E-state index in [0.29, 0.717) is 5.95 Å². The SMILES string of the molecule is Cc1nccn1CCC1CCN(c2cccc3nc(NC(=O)C4CC4)nn23)CC1. The topological polar surface area (TPSA) is 80.3 Å². The zero-order valence-electron chi connectivity index (χ0n) is 16.8. The predicted octanol–water partition coefficient (Wildman–Crippen LogP) is 2.89. The number of fused-ring (bicyclic) bond motifs is 1. The molecule has 0 atom stereocenters. The number of anilines is 2. The van der Waals surface area contributed by atoms with Crippen molar-refractivity contribution in [2.24, 2.45) is 11.8 Å². The van der Waals surface area contributed by atoms with Gasteiger partial charge in [0.05, 0.1) is 0 Å². The third-order valence-corrected chi connectivity index (χ3v) is 6.16. The van der Waals surface area contributed by atoms with Crippen LogP contribution in [0.1, 0.15) is 37.9 Å². The van der Waals surface area contributed by atoms with Gasteiger partial charge in [-0.3, -0.25) is 10.1 Å². The highest BCUT2D eigenvalue weighted by atomic mass is 16.2. The molecule has 1 aliphatic carbocycles. The van der Waals surface area contributed by atoms with Gasteiger partial charge in [-0.2, -0.15) is 9.50 Å². The number of carbonyl (C=O) groups excluding carboxylic acids is 1. The van der Waals surface area contributed by atoms with E-state index in [1.165, 1.54) is 19.3 Å². The number of amides is 1. The summed E-state index contributed by atoms with van der Waals surface area (Å²) in [5.74, 6) is 3.45. The van der Waals surface area contributed by atoms with Gasteiger partial charge in [-0.1, -0.05) is 6.07 Å². The molecule has 0 aromatic carbocycles. The van der Waals surface area contributed by atoms with Crippen molar-refractivity contribution in [3.63, 3.8) is 0 Å². The van der Waals surface area contributed by atoms with E-state index in [-0.39, 0.29) is 11.8 Å². The van der Waals surface area contributed by atoms with Crippen LogP contribution in [0.2, 0.25) is 0 Å². The zero-order chi connectivity index (χ0) is 19.8. The van der Waals surface area contributed by atoms with E-state index in [2.05, 4.69) is 49.0 Å². The first kappa shape index (κ1) is 18.1. The molecule has 1 saturated carbocycles. The Labute approximate surface area is 169 Å². The van der Waals surface area contributed by atoms with Crippen molar-refractivity contribution < 1.29 is 4.79 Å². The molecule has 0 bridgehead atoms. The largest absolute Gasteiger partial charge is 0.356 e. The number of rotatable bonds is 6. The fourth-order valence-corrected chi connectivity index (χ4v) is 4.15. The normalized spacial score (nSPS) is 17.8. The molecule has 0 spiro atoms. The number of hydrogen-bond acceptors (Lipinski definition) is 5. The van der Waals surface area contributed by atoms with Gasteiger partial charge in [-0.25, -0.2) is 4.98 Å². The van der Waals surface area contributed by atoms with Crippen LogP contribution >= 0.6 is 0 Å². The van der Waals surface area contributed by atoms with E-state index >= 15 is 0 Å². The highest BCUT2D eigenvalue weighted by Gasteiger charge is 2.30. The number of aromatic nitrogens is 5. The highest BCUT2D eigenvalue weighted by Crippen LogP contribution is 2.30. The summed E-state index contributed by atoms with van der Waals surface area (Å²) in [7, 11) is 0. The Morgan fingerprint density at radius 2 is 2.03 bits per heavy atom. The van der Waals surface area contributed by atoms with E-state index in [4.69, 9.17) is 0 Å². The second-order valence-corrected chi connectivity index (χ2v) is 8.24. The Morgan fingerprint density at radius 3 is 2.76 bits per heavy atom. The average molecular weight is 393 g/mol. The molecule has 29 heavy (non-hydrogen) atoms. The molecule has 3 aromatic heterocycles. The average Bonchev–Trinajstić information content (AvgIpc) is 3.39. The molecule has 0 radical (unpaired) electrons. The minimum Gasteiger partial charge on any atom is -0.356 e. The number of imidazole rings is 1. The van der Waals surface area contributed by atoms with Crippen LogP contribution in [0.25, 0.3) is 5.65 Å². The van der Waals surface area contributed by atoms with Gasteiger partial charge in [0.15, 0.2) is 5.65 Å². The second-order valence-electron chi connectivity index (χ2n) is 8.24. The van der Waals surface area contributed by atoms with Crippen LogP contribution in [0.3, 0.4) is 0 Å². The minimum atomic E-state index is 0.0383. The lowest BCUT2D eigenvalue weighted by atomic mass is 9.93. The maximum atomic E-state index is 12.0. The van der Waals surface area contributed by atoms with E-state index in [1.807, 2.05) is 22.8 Å². The standard InChI is InChI=1S/C21H27N7O/c1-15-22-10-14-26(15)11-7-16-8-12-27(13-9-16)19-4-2-3-18-23-21(25-28(18)19)24-20(29)17-5-6-17/h2-4,10,14,16-17H,5-9,11-13H2,1H3,(H,24,25,29). The molecule has 8 heteroatoms. The zero-order valence-corrected chi connectivity index (χ0v) is 16.8. The van der Waals surface area contributed by atoms with Crippen LogP contribution in [-0.2, 0) is 11.3 Å². The lowest BCUT2D eigenvalue weighted by molar-refractivity contribution is -0.117. The fourth-order valence-electron chi connectivity index (χ4n) is 4.15. The van der Waals surface area contributed by atoms with Crippen LogP contribution in [0.4, 0.5) is 11.8 Å². The van der Waals surface area contributed by atoms with Gasteiger partial charge < -0.3 is 9.47 Å². The van der Waals surface area contributed by atoms with Crippen molar-refractivity contribution in [2.45, 2.75) is 45.6 Å². The van der Waals surface area contributed by atoms with E-state index in [1.54, 1.807) is 0 Å². The molecule has 8 nitrogen and oxygen atoms in total. The molecule has 0 unspecified atom stereocenters. The molecule has 4 heterocycles. The lowest BCUT2D eigenvalue weighted by Crippen LogP contribution is -2.35. The first-order valence-electron chi connectivity index (χ1n) is 10.6. The van der Waals surface area contributed by atoms with Crippen LogP contribution in [0.15, 0.2) is 30.6 Å². The number of aryl methyl sites for hydroxylation is 2. The summed E-state index contributed by atoms with van der Waals surface area (Å²) in [4.78, 5) is 23.2. The number of hydrogen-bond donors (Lipinski definition) is 1. The van der Waals surface area contributed by atoms with Crippen molar-refractivity contribution in [1.82, 2.24) is 24.1 Å². The van der Waals surface area contributed by atoms with Crippen LogP contribution in [-0.4, -0.2) is 43.1 Å². The first-order valence-corrected chi connectivity index (χ1v) is 10.6. The van der Waals surface area contributed by atoms with Crippen molar-refractivity contribution in [1.29, 1.82) is 0 Å². The third kappa shape index (κ3) is 3.83. The van der Waals surface area contributed by atoms with Gasteiger partial charge in [0.25, 0.3) is 0 Å². The number of nitrogens with one attached hydrogen (secondary N) is 1. The molecule has 1 N–H and O–H groups in total. The second kappa shape index (κ2) is 7.50. The Morgan fingerprint density at radius 1 is 1.21 bits per heavy atom. The molecular weight excluding hydrogens is 366 g/mol. The van der Waals surface area contributed by atoms with Gasteiger partial charge >= 0.3 is 0 Å². The number of nitrogens with zero attached hydrogens (tertiary/aromatic N) is 6. The molecule has 5 rings (SSSR count). The molecule has 2 fully saturated rings. The van der Waals surface area contributed by atoms with Crippen molar-refractivity contribution in [2.75, 3.05) is 23.3 Å². The quantitative estimate of drug-likeness (QED) is 0.697. The molecule has 1 amide bonds. The number of carbonyl (C=O) groups is 1. The van der Waals surface area contributed by atoms with Crippen LogP contribution < -0.4 is 10.2 Å². The molecule has 1 saturated heterocycles. The van der Waals surface area contributed by atoms with E-state index in [0.717, 1.165) is 55.7 Å². The Balaban J connectivity index is 1.23. The Bertz CT molecular complexity index is 1010. The van der Waals surface area contributed by atoms with E-state index in [9.17, 15) is 4.79 Å². The van der Waals surface area contributed by atoms with Gasteiger partial charge in [0, 0.05) is 37.9 Å². The summed E-state index contributed by atoms with van der Waals surface area (Å²) in [5.41, 5.74) is 0.770. The molecule has 2 aliphatic rings. The van der Waals surface area contributed by atoms with Crippen LogP contribution in [0.5, 0.6) is 0 Å². The maximum absolute atomic E-state index is 12.0. The summed E-state index contributed by atoms with van der Waals surface area (Å²) >= 11 is 0. The highest BCUT2D eigenvalue weighted by molar-refractivity contribution is 5.92. The van der Waals surface area contributed by atoms with Gasteiger partial charge in [-0.05, 0) is 57.1 Å². The number of piperidine rings is 1. The molecule has 1 aliphatic heterocycles. The van der Waals surface area contributed by atoms with Gasteiger partial charge in [0.2, 0.25) is 11.9 Å². The molecule has 3 aromatic rings. The molecular formula is C21H27N7O. The smallest absolute Gasteiger partial charge is 0.249 e. The summed E-state index contributed by atoms with van der Waals surface area (Å²) in [6.45, 7) is 5.12. The summed E-state index contributed by atoms with van der Waals surface area (Å²) in [6.07, 6.45) is 9.41. The van der Waals surface area contributed by atoms with Crippen molar-refractivity contribution in [3.8, 4) is 0 Å². The summed E-state index contributed by atoms with van der Waals surface area (Å²) in [6, 6.07) is 6.03. The van der Waals surface area contributed by atoms with Gasteiger partial charge in [-0.15, -0.1) is 5.10 Å². The monoisotopic (exact) mass is 393 g/mol. The third-order valence-electron chi connectivity index (χ3n) is 6.16. The fraction of sp³-hybridized carbons (Fsp3) is 0.524. The molecule has 152 valence electrons. The predicted molar refractivity (Wildman–Crippen MR) is 111 cm³/mol.